The van der Waals surface area contributed by atoms with Crippen LogP contribution in [0.15, 0.2) is 12.2 Å². The third-order valence-corrected chi connectivity index (χ3v) is 10.7. The Balaban J connectivity index is 1.52. The summed E-state index contributed by atoms with van der Waals surface area (Å²) in [7, 11) is 0. The average molecular weight is 371 g/mol. The van der Waals surface area contributed by atoms with Gasteiger partial charge in [0.05, 0.1) is 12.2 Å². The summed E-state index contributed by atoms with van der Waals surface area (Å²) in [6.45, 7) is 9.23. The minimum atomic E-state index is -0.660. The standard InChI is InChI=1S/C22H29NO4/c1-9-11-7-12-17-21-6-4-5-20(3)8-23(17)13(15(20)21)19(26)22(12,18(9)25)16(21)14(11)27-10(2)24/h11-19,25-26H,1,4-8H2,2-3H3/t11-,12-,13-,14-,15-,16+,17-,18-,19-,20-,21+,22+/m1/s1. The van der Waals surface area contributed by atoms with E-state index in [9.17, 15) is 15.0 Å². The molecule has 6 aliphatic carbocycles. The van der Waals surface area contributed by atoms with Gasteiger partial charge >= 0.3 is 5.97 Å². The van der Waals surface area contributed by atoms with Gasteiger partial charge in [-0.25, -0.2) is 0 Å². The highest BCUT2D eigenvalue weighted by Crippen LogP contribution is 2.87. The molecule has 146 valence electrons. The number of rotatable bonds is 1. The highest BCUT2D eigenvalue weighted by Gasteiger charge is 2.92. The van der Waals surface area contributed by atoms with Crippen molar-refractivity contribution in [3.8, 4) is 0 Å². The van der Waals surface area contributed by atoms with E-state index in [1.807, 2.05) is 0 Å². The number of hydrogen-bond acceptors (Lipinski definition) is 5. The van der Waals surface area contributed by atoms with Gasteiger partial charge in [-0.2, -0.15) is 0 Å². The molecule has 3 heterocycles. The Morgan fingerprint density at radius 2 is 2.07 bits per heavy atom. The summed E-state index contributed by atoms with van der Waals surface area (Å²) in [4.78, 5) is 14.7. The summed E-state index contributed by atoms with van der Waals surface area (Å²) in [6, 6.07) is 0.614. The van der Waals surface area contributed by atoms with Crippen LogP contribution in [0.1, 0.15) is 39.5 Å². The zero-order valence-electron chi connectivity index (χ0n) is 16.1. The second kappa shape index (κ2) is 4.17. The van der Waals surface area contributed by atoms with Crippen LogP contribution in [-0.4, -0.2) is 58.0 Å². The van der Waals surface area contributed by atoms with E-state index in [2.05, 4.69) is 18.4 Å². The lowest BCUT2D eigenvalue weighted by atomic mass is 9.38. The van der Waals surface area contributed by atoms with E-state index in [0.717, 1.165) is 25.0 Å². The molecule has 5 nitrogen and oxygen atoms in total. The molecule has 9 fully saturated rings. The molecule has 9 aliphatic rings. The van der Waals surface area contributed by atoms with Gasteiger partial charge in [0.1, 0.15) is 6.10 Å². The number of aliphatic hydroxyl groups excluding tert-OH is 2. The molecule has 6 saturated carbocycles. The van der Waals surface area contributed by atoms with Crippen molar-refractivity contribution < 1.29 is 19.7 Å². The van der Waals surface area contributed by atoms with Crippen molar-refractivity contribution in [1.29, 1.82) is 0 Å². The monoisotopic (exact) mass is 371 g/mol. The van der Waals surface area contributed by atoms with E-state index in [1.165, 1.54) is 19.8 Å². The SMILES string of the molecule is C=C1[C@H]2C[C@@H]3[C@H]4N5C[C@@]6(C)CCC[C@@]47[C@@H]6[C@@H]5[C@@H](O)[C@]3([C@@H]1O)[C@H]7[C@@H]2OC(C)=O. The number of esters is 1. The van der Waals surface area contributed by atoms with Crippen molar-refractivity contribution >= 4 is 5.97 Å². The van der Waals surface area contributed by atoms with Crippen molar-refractivity contribution in [2.24, 2.45) is 39.9 Å². The maximum Gasteiger partial charge on any atom is 0.302 e. The lowest BCUT2D eigenvalue weighted by Gasteiger charge is -2.67. The number of nitrogens with zero attached hydrogens (tertiary/aromatic N) is 1. The molecule has 1 unspecified atom stereocenters. The van der Waals surface area contributed by atoms with E-state index in [-0.39, 0.29) is 40.8 Å². The maximum absolute atomic E-state index is 12.0. The molecule has 2 N–H and O–H groups in total. The molecule has 0 aromatic rings. The fraction of sp³-hybridized carbons (Fsp3) is 0.864. The van der Waals surface area contributed by atoms with Crippen LogP contribution >= 0.6 is 0 Å². The fourth-order valence-electron chi connectivity index (χ4n) is 10.8. The van der Waals surface area contributed by atoms with Crippen molar-refractivity contribution in [3.63, 3.8) is 0 Å². The summed E-state index contributed by atoms with van der Waals surface area (Å²) in [5, 5.41) is 23.2. The molecular formula is C22H29NO4. The largest absolute Gasteiger partial charge is 0.462 e. The van der Waals surface area contributed by atoms with Crippen LogP contribution in [0.5, 0.6) is 0 Å². The van der Waals surface area contributed by atoms with E-state index in [4.69, 9.17) is 4.74 Å². The molecular weight excluding hydrogens is 342 g/mol. The van der Waals surface area contributed by atoms with Crippen molar-refractivity contribution in [1.82, 2.24) is 4.90 Å². The normalized spacial score (nSPS) is 68.7. The lowest BCUT2D eigenvalue weighted by Crippen LogP contribution is -2.75. The van der Waals surface area contributed by atoms with Crippen LogP contribution in [0.2, 0.25) is 0 Å². The van der Waals surface area contributed by atoms with E-state index >= 15 is 0 Å². The van der Waals surface area contributed by atoms with Gasteiger partial charge in [-0.15, -0.1) is 0 Å². The predicted molar refractivity (Wildman–Crippen MR) is 96.4 cm³/mol. The summed E-state index contributed by atoms with van der Waals surface area (Å²) < 4.78 is 6.01. The smallest absolute Gasteiger partial charge is 0.302 e. The number of piperidine rings is 2. The Labute approximate surface area is 159 Å². The van der Waals surface area contributed by atoms with Gasteiger partial charge in [-0.1, -0.05) is 19.9 Å². The Morgan fingerprint density at radius 1 is 1.30 bits per heavy atom. The molecule has 0 amide bonds. The number of aliphatic hydroxyl groups is 2. The van der Waals surface area contributed by atoms with Crippen LogP contribution in [0.3, 0.4) is 0 Å². The molecule has 9 bridgehead atoms. The van der Waals surface area contributed by atoms with E-state index in [0.29, 0.717) is 17.9 Å². The summed E-state index contributed by atoms with van der Waals surface area (Å²) in [5.41, 5.74) is 0.585. The summed E-state index contributed by atoms with van der Waals surface area (Å²) >= 11 is 0. The molecule has 5 heteroatoms. The van der Waals surface area contributed by atoms with Gasteiger partial charge in [0.2, 0.25) is 0 Å². The van der Waals surface area contributed by atoms with Crippen molar-refractivity contribution in [2.45, 2.75) is 69.9 Å². The zero-order valence-corrected chi connectivity index (χ0v) is 16.1. The second-order valence-electron chi connectivity index (χ2n) is 11.1. The molecule has 2 spiro atoms. The van der Waals surface area contributed by atoms with Gasteiger partial charge < -0.3 is 14.9 Å². The Hall–Kier alpha value is -0.910. The minimum absolute atomic E-state index is 0.0401. The molecule has 27 heavy (non-hydrogen) atoms. The number of hydrogen-bond donors (Lipinski definition) is 2. The van der Waals surface area contributed by atoms with Crippen LogP contribution in [0, 0.1) is 39.9 Å². The fourth-order valence-corrected chi connectivity index (χ4v) is 10.8. The summed E-state index contributed by atoms with van der Waals surface area (Å²) in [5.74, 6) is 0.647. The predicted octanol–water partition coefficient (Wildman–Crippen LogP) is 1.33. The van der Waals surface area contributed by atoms with E-state index < -0.39 is 17.6 Å². The Kier molecular flexibility index (Phi) is 2.46. The first-order valence-electron chi connectivity index (χ1n) is 10.8. The average Bonchev–Trinajstić information content (AvgIpc) is 3.08. The first-order chi connectivity index (χ1) is 12.8. The third-order valence-electron chi connectivity index (χ3n) is 10.7. The van der Waals surface area contributed by atoms with Crippen molar-refractivity contribution in [3.05, 3.63) is 12.2 Å². The first-order valence-corrected chi connectivity index (χ1v) is 10.8. The molecule has 9 rings (SSSR count). The highest BCUT2D eigenvalue weighted by atomic mass is 16.5. The molecule has 13 atom stereocenters. The van der Waals surface area contributed by atoms with Gasteiger partial charge in [0.25, 0.3) is 0 Å². The van der Waals surface area contributed by atoms with Crippen LogP contribution < -0.4 is 0 Å². The summed E-state index contributed by atoms with van der Waals surface area (Å²) in [6.07, 6.45) is 3.08. The van der Waals surface area contributed by atoms with Crippen LogP contribution in [0.25, 0.3) is 0 Å². The Morgan fingerprint density at radius 3 is 2.81 bits per heavy atom. The Bertz CT molecular complexity index is 812. The van der Waals surface area contributed by atoms with E-state index in [1.54, 1.807) is 0 Å². The number of carbonyl (C=O) groups is 1. The first kappa shape index (κ1) is 15.9. The number of carbonyl (C=O) groups excluding carboxylic acids is 1. The van der Waals surface area contributed by atoms with Gasteiger partial charge in [0.15, 0.2) is 0 Å². The minimum Gasteiger partial charge on any atom is -0.462 e. The molecule has 3 saturated heterocycles. The highest BCUT2D eigenvalue weighted by molar-refractivity contribution is 5.66. The molecule has 0 radical (unpaired) electrons. The molecule has 0 aromatic heterocycles. The molecule has 3 aliphatic heterocycles. The quantitative estimate of drug-likeness (QED) is 0.538. The number of fused-ring (bicyclic) bond motifs is 1. The zero-order chi connectivity index (χ0) is 18.7. The van der Waals surface area contributed by atoms with Crippen LogP contribution in [0.4, 0.5) is 0 Å². The van der Waals surface area contributed by atoms with Crippen molar-refractivity contribution in [2.75, 3.05) is 6.54 Å². The maximum atomic E-state index is 12.0. The lowest BCUT2D eigenvalue weighted by molar-refractivity contribution is -0.264. The third kappa shape index (κ3) is 1.23. The van der Waals surface area contributed by atoms with Gasteiger partial charge in [0, 0.05) is 42.8 Å². The molecule has 0 aromatic carbocycles. The van der Waals surface area contributed by atoms with Crippen LogP contribution in [-0.2, 0) is 9.53 Å². The topological polar surface area (TPSA) is 70.0 Å². The second-order valence-corrected chi connectivity index (χ2v) is 11.1. The van der Waals surface area contributed by atoms with Gasteiger partial charge in [-0.3, -0.25) is 9.69 Å². The number of ether oxygens (including phenoxy) is 1. The van der Waals surface area contributed by atoms with Gasteiger partial charge in [-0.05, 0) is 47.5 Å².